The molecule has 2 N–H and O–H groups in total. The van der Waals surface area contributed by atoms with Crippen molar-refractivity contribution in [3.63, 3.8) is 0 Å². The van der Waals surface area contributed by atoms with Crippen molar-refractivity contribution in [2.75, 3.05) is 0 Å². The number of primary amides is 1. The van der Waals surface area contributed by atoms with Crippen LogP contribution in [0.3, 0.4) is 0 Å². The van der Waals surface area contributed by atoms with E-state index < -0.39 is 5.91 Å². The number of nitrogens with two attached hydrogens (primary N) is 1. The van der Waals surface area contributed by atoms with E-state index in [2.05, 4.69) is 15.9 Å². The average molecular weight is 392 g/mol. The molecule has 0 saturated carbocycles. The van der Waals surface area contributed by atoms with Crippen molar-refractivity contribution < 1.29 is 9.53 Å². The van der Waals surface area contributed by atoms with Crippen LogP contribution >= 0.6 is 27.5 Å². The minimum Gasteiger partial charge on any atom is -0.488 e. The summed E-state index contributed by atoms with van der Waals surface area (Å²) in [5, 5.41) is 9.52. The summed E-state index contributed by atoms with van der Waals surface area (Å²) in [4.78, 5) is 11.1. The molecule has 0 unspecified atom stereocenters. The molecule has 2 aromatic carbocycles. The molecule has 0 aliphatic rings. The van der Waals surface area contributed by atoms with Gasteiger partial charge in [0.05, 0.1) is 4.47 Å². The first kappa shape index (κ1) is 17.1. The second kappa shape index (κ2) is 7.82. The van der Waals surface area contributed by atoms with Crippen molar-refractivity contribution in [2.24, 2.45) is 5.73 Å². The number of halogens is 2. The van der Waals surface area contributed by atoms with Crippen LogP contribution in [-0.2, 0) is 11.4 Å². The van der Waals surface area contributed by atoms with Crippen LogP contribution in [0.15, 0.2) is 52.5 Å². The molecule has 0 aromatic heterocycles. The molecule has 0 radical (unpaired) electrons. The van der Waals surface area contributed by atoms with E-state index in [0.717, 1.165) is 5.56 Å². The maximum Gasteiger partial charge on any atom is 0.259 e. The number of nitrogens with zero attached hydrogens (tertiary/aromatic N) is 1. The van der Waals surface area contributed by atoms with E-state index in [0.29, 0.717) is 27.4 Å². The average Bonchev–Trinajstić information content (AvgIpc) is 2.53. The molecule has 2 rings (SSSR count). The Morgan fingerprint density at radius 3 is 2.57 bits per heavy atom. The van der Waals surface area contributed by atoms with Crippen LogP contribution in [-0.4, -0.2) is 5.91 Å². The number of carbonyl (C=O) groups is 1. The van der Waals surface area contributed by atoms with E-state index in [1.54, 1.807) is 36.4 Å². The number of nitriles is 1. The second-order valence-electron chi connectivity index (χ2n) is 4.64. The highest BCUT2D eigenvalue weighted by atomic mass is 79.9. The lowest BCUT2D eigenvalue weighted by Crippen LogP contribution is -2.12. The van der Waals surface area contributed by atoms with Gasteiger partial charge in [0.2, 0.25) is 0 Å². The summed E-state index contributed by atoms with van der Waals surface area (Å²) in [6.07, 6.45) is 1.43. The Balaban J connectivity index is 2.12. The Kier molecular flexibility index (Phi) is 5.80. The van der Waals surface area contributed by atoms with Gasteiger partial charge in [0, 0.05) is 5.02 Å². The lowest BCUT2D eigenvalue weighted by atomic mass is 10.1. The molecule has 4 nitrogen and oxygen atoms in total. The van der Waals surface area contributed by atoms with Crippen molar-refractivity contribution in [1.82, 2.24) is 0 Å². The summed E-state index contributed by atoms with van der Waals surface area (Å²) in [7, 11) is 0. The number of amides is 1. The van der Waals surface area contributed by atoms with Gasteiger partial charge < -0.3 is 10.5 Å². The van der Waals surface area contributed by atoms with Crippen LogP contribution in [0.25, 0.3) is 6.08 Å². The Morgan fingerprint density at radius 1 is 1.30 bits per heavy atom. The smallest absolute Gasteiger partial charge is 0.259 e. The first-order valence-corrected chi connectivity index (χ1v) is 7.75. The first-order valence-electron chi connectivity index (χ1n) is 6.58. The number of hydrogen-bond acceptors (Lipinski definition) is 3. The van der Waals surface area contributed by atoms with Crippen LogP contribution in [0.4, 0.5) is 0 Å². The van der Waals surface area contributed by atoms with E-state index in [1.165, 1.54) is 6.08 Å². The van der Waals surface area contributed by atoms with E-state index in [-0.39, 0.29) is 5.57 Å². The molecule has 116 valence electrons. The predicted octanol–water partition coefficient (Wildman–Crippen LogP) is 4.07. The molecule has 1 amide bonds. The second-order valence-corrected chi connectivity index (χ2v) is 5.93. The number of ether oxygens (including phenoxy) is 1. The number of hydrogen-bond donors (Lipinski definition) is 1. The summed E-state index contributed by atoms with van der Waals surface area (Å²) in [5.74, 6) is -0.110. The van der Waals surface area contributed by atoms with Gasteiger partial charge in [-0.1, -0.05) is 29.8 Å². The molecule has 0 aliphatic heterocycles. The maximum absolute atomic E-state index is 11.1. The molecule has 0 heterocycles. The van der Waals surface area contributed by atoms with Crippen molar-refractivity contribution in [1.29, 1.82) is 5.26 Å². The third-order valence-corrected chi connectivity index (χ3v) is 3.83. The minimum atomic E-state index is -0.758. The van der Waals surface area contributed by atoms with Gasteiger partial charge >= 0.3 is 0 Å². The summed E-state index contributed by atoms with van der Waals surface area (Å²) >= 11 is 9.24. The third-order valence-electron chi connectivity index (χ3n) is 2.96. The molecule has 23 heavy (non-hydrogen) atoms. The van der Waals surface area contributed by atoms with E-state index in [1.807, 2.05) is 12.1 Å². The zero-order valence-electron chi connectivity index (χ0n) is 11.9. The summed E-state index contributed by atoms with van der Waals surface area (Å²) in [6, 6.07) is 14.4. The zero-order chi connectivity index (χ0) is 16.8. The molecule has 0 aliphatic carbocycles. The van der Waals surface area contributed by atoms with E-state index in [4.69, 9.17) is 27.3 Å². The van der Waals surface area contributed by atoms with Gasteiger partial charge in [-0.3, -0.25) is 4.79 Å². The first-order chi connectivity index (χ1) is 11.0. The largest absolute Gasteiger partial charge is 0.488 e. The van der Waals surface area contributed by atoms with Gasteiger partial charge in [-0.25, -0.2) is 0 Å². The highest BCUT2D eigenvalue weighted by Gasteiger charge is 2.06. The van der Waals surface area contributed by atoms with Gasteiger partial charge in [-0.2, -0.15) is 5.26 Å². The molecule has 0 fully saturated rings. The minimum absolute atomic E-state index is 0.105. The topological polar surface area (TPSA) is 76.1 Å². The summed E-state index contributed by atoms with van der Waals surface area (Å²) in [5.41, 5.74) is 6.67. The molecular weight excluding hydrogens is 380 g/mol. The number of rotatable bonds is 5. The normalized spacial score (nSPS) is 10.9. The third kappa shape index (κ3) is 4.85. The molecule has 0 saturated heterocycles. The van der Waals surface area contributed by atoms with Gasteiger partial charge in [0.15, 0.2) is 0 Å². The van der Waals surface area contributed by atoms with Crippen LogP contribution in [0.1, 0.15) is 11.1 Å². The van der Waals surface area contributed by atoms with Gasteiger partial charge in [0.1, 0.15) is 24.0 Å². The molecular formula is C17H12BrClN2O2. The molecule has 6 heteroatoms. The Morgan fingerprint density at radius 2 is 2.00 bits per heavy atom. The monoisotopic (exact) mass is 390 g/mol. The highest BCUT2D eigenvalue weighted by molar-refractivity contribution is 9.10. The standard InChI is InChI=1S/C17H12BrClN2O2/c18-15-8-12(7-13(9-20)17(21)22)3-6-16(15)23-10-11-1-4-14(19)5-2-11/h1-8H,10H2,(H2,21,22)/b13-7-. The Labute approximate surface area is 147 Å². The van der Waals surface area contributed by atoms with E-state index >= 15 is 0 Å². The number of benzene rings is 2. The fraction of sp³-hybridized carbons (Fsp3) is 0.0588. The Bertz CT molecular complexity index is 795. The Hall–Kier alpha value is -2.29. The van der Waals surface area contributed by atoms with E-state index in [9.17, 15) is 4.79 Å². The summed E-state index contributed by atoms with van der Waals surface area (Å²) < 4.78 is 6.44. The zero-order valence-corrected chi connectivity index (χ0v) is 14.3. The van der Waals surface area contributed by atoms with Crippen LogP contribution < -0.4 is 10.5 Å². The van der Waals surface area contributed by atoms with Crippen molar-refractivity contribution in [2.45, 2.75) is 6.61 Å². The fourth-order valence-electron chi connectivity index (χ4n) is 1.79. The van der Waals surface area contributed by atoms with Crippen molar-refractivity contribution in [3.8, 4) is 11.8 Å². The van der Waals surface area contributed by atoms with Crippen molar-refractivity contribution in [3.05, 3.63) is 68.7 Å². The molecule has 0 spiro atoms. The fourth-order valence-corrected chi connectivity index (χ4v) is 2.43. The van der Waals surface area contributed by atoms with Gasteiger partial charge in [-0.05, 0) is 57.4 Å². The lowest BCUT2D eigenvalue weighted by Gasteiger charge is -2.09. The van der Waals surface area contributed by atoms with Crippen LogP contribution in [0.5, 0.6) is 5.75 Å². The quantitative estimate of drug-likeness (QED) is 0.616. The molecule has 0 bridgehead atoms. The molecule has 2 aromatic rings. The lowest BCUT2D eigenvalue weighted by molar-refractivity contribution is -0.114. The van der Waals surface area contributed by atoms with Crippen LogP contribution in [0.2, 0.25) is 5.02 Å². The summed E-state index contributed by atoms with van der Waals surface area (Å²) in [6.45, 7) is 0.398. The molecule has 0 atom stereocenters. The maximum atomic E-state index is 11.1. The predicted molar refractivity (Wildman–Crippen MR) is 92.7 cm³/mol. The number of carbonyl (C=O) groups excluding carboxylic acids is 1. The van der Waals surface area contributed by atoms with Gasteiger partial charge in [0.25, 0.3) is 5.91 Å². The highest BCUT2D eigenvalue weighted by Crippen LogP contribution is 2.27. The van der Waals surface area contributed by atoms with Crippen molar-refractivity contribution >= 4 is 39.5 Å². The van der Waals surface area contributed by atoms with Gasteiger partial charge in [-0.15, -0.1) is 0 Å². The van der Waals surface area contributed by atoms with Crippen LogP contribution in [0, 0.1) is 11.3 Å². The SMILES string of the molecule is N#C/C(=C/c1ccc(OCc2ccc(Cl)cc2)c(Br)c1)C(N)=O.